The molecule has 0 amide bonds. The number of carbonyl (C=O) groups is 1. The Morgan fingerprint density at radius 2 is 1.32 bits per heavy atom. The third-order valence-corrected chi connectivity index (χ3v) is 5.18. The maximum absolute atomic E-state index is 12.4. The van der Waals surface area contributed by atoms with Crippen molar-refractivity contribution in [3.05, 3.63) is 83.9 Å². The Kier molecular flexibility index (Phi) is 9.82. The fourth-order valence-electron chi connectivity index (χ4n) is 3.22. The lowest BCUT2D eigenvalue weighted by molar-refractivity contribution is 0.0734. The fraction of sp³-hybridized carbons (Fsp3) is 0.286. The van der Waals surface area contributed by atoms with Gasteiger partial charge in [0.05, 0.1) is 35.2 Å². The average Bonchev–Trinajstić information content (AvgIpc) is 2.88. The summed E-state index contributed by atoms with van der Waals surface area (Å²) in [4.78, 5) is 12.4. The first kappa shape index (κ1) is 24.7. The van der Waals surface area contributed by atoms with Crippen LogP contribution in [0.2, 0.25) is 0 Å². The van der Waals surface area contributed by atoms with Gasteiger partial charge in [-0.05, 0) is 79.2 Å². The lowest BCUT2D eigenvalue weighted by Gasteiger charge is -2.08. The topological polar surface area (TPSA) is 84.0 Å². The van der Waals surface area contributed by atoms with Gasteiger partial charge < -0.3 is 9.47 Å². The van der Waals surface area contributed by atoms with E-state index in [1.165, 1.54) is 32.1 Å². The molecule has 3 rings (SSSR count). The Balaban J connectivity index is 1.44. The molecule has 6 nitrogen and oxygen atoms in total. The number of nitriles is 1. The lowest BCUT2D eigenvalue weighted by atomic mass is 10.1. The summed E-state index contributed by atoms with van der Waals surface area (Å²) in [5, 5.41) is 17.1. The number of hydrogen-bond donors (Lipinski definition) is 0. The van der Waals surface area contributed by atoms with E-state index in [0.29, 0.717) is 34.9 Å². The van der Waals surface area contributed by atoms with Crippen LogP contribution < -0.4 is 9.47 Å². The molecule has 0 spiro atoms. The van der Waals surface area contributed by atoms with Crippen LogP contribution in [0.5, 0.6) is 11.5 Å². The summed E-state index contributed by atoms with van der Waals surface area (Å²) in [5.41, 5.74) is 2.29. The Hall–Kier alpha value is -3.98. The molecule has 0 N–H and O–H groups in total. The average molecular weight is 456 g/mol. The normalized spacial score (nSPS) is 10.7. The second-order valence-corrected chi connectivity index (χ2v) is 7.88. The van der Waals surface area contributed by atoms with E-state index >= 15 is 0 Å². The number of nitrogens with zero attached hydrogens (tertiary/aromatic N) is 3. The second kappa shape index (κ2) is 13.5. The van der Waals surface area contributed by atoms with Gasteiger partial charge in [0, 0.05) is 0 Å². The van der Waals surface area contributed by atoms with Crippen molar-refractivity contribution in [2.24, 2.45) is 10.2 Å². The van der Waals surface area contributed by atoms with E-state index in [9.17, 15) is 4.79 Å². The van der Waals surface area contributed by atoms with Crippen LogP contribution in [-0.4, -0.2) is 12.6 Å². The SMILES string of the molecule is CCCCCCCCOc1ccc(C(=O)Oc2ccc(N=Nc3ccc(C#N)cc3)cc2)cc1. The summed E-state index contributed by atoms with van der Waals surface area (Å²) in [6, 6.07) is 22.7. The van der Waals surface area contributed by atoms with E-state index in [2.05, 4.69) is 23.2 Å². The second-order valence-electron chi connectivity index (χ2n) is 7.88. The van der Waals surface area contributed by atoms with Crippen LogP contribution >= 0.6 is 0 Å². The standard InChI is InChI=1S/C28H29N3O3/c1-2-3-4-5-6-7-20-33-26-16-10-23(11-17-26)28(32)34-27-18-14-25(15-19-27)31-30-24-12-8-22(21-29)9-13-24/h8-19H,2-7,20H2,1H3. The van der Waals surface area contributed by atoms with Crippen LogP contribution in [0.3, 0.4) is 0 Å². The van der Waals surface area contributed by atoms with E-state index in [4.69, 9.17) is 14.7 Å². The number of rotatable bonds is 12. The first-order valence-electron chi connectivity index (χ1n) is 11.6. The molecule has 34 heavy (non-hydrogen) atoms. The van der Waals surface area contributed by atoms with E-state index in [0.717, 1.165) is 12.2 Å². The van der Waals surface area contributed by atoms with Gasteiger partial charge in [0.1, 0.15) is 11.5 Å². The van der Waals surface area contributed by atoms with Crippen molar-refractivity contribution in [2.75, 3.05) is 6.61 Å². The zero-order chi connectivity index (χ0) is 24.0. The fourth-order valence-corrected chi connectivity index (χ4v) is 3.22. The molecule has 0 saturated heterocycles. The van der Waals surface area contributed by atoms with Gasteiger partial charge in [-0.3, -0.25) is 0 Å². The number of carbonyl (C=O) groups excluding carboxylic acids is 1. The highest BCUT2D eigenvalue weighted by atomic mass is 16.5. The molecule has 0 heterocycles. The van der Waals surface area contributed by atoms with Crippen LogP contribution in [0, 0.1) is 11.3 Å². The van der Waals surface area contributed by atoms with E-state index in [1.807, 2.05) is 0 Å². The van der Waals surface area contributed by atoms with Gasteiger partial charge in [0.2, 0.25) is 0 Å². The molecule has 0 aliphatic heterocycles. The lowest BCUT2D eigenvalue weighted by Crippen LogP contribution is -2.08. The number of unbranched alkanes of at least 4 members (excludes halogenated alkanes) is 5. The summed E-state index contributed by atoms with van der Waals surface area (Å²) >= 11 is 0. The number of benzene rings is 3. The number of ether oxygens (including phenoxy) is 2. The molecule has 0 aliphatic carbocycles. The van der Waals surface area contributed by atoms with Gasteiger partial charge in [0.25, 0.3) is 0 Å². The van der Waals surface area contributed by atoms with Gasteiger partial charge >= 0.3 is 5.97 Å². The van der Waals surface area contributed by atoms with Crippen molar-refractivity contribution in [1.82, 2.24) is 0 Å². The van der Waals surface area contributed by atoms with Gasteiger partial charge in [-0.15, -0.1) is 0 Å². The van der Waals surface area contributed by atoms with Gasteiger partial charge in [0.15, 0.2) is 0 Å². The van der Waals surface area contributed by atoms with Crippen LogP contribution in [0.25, 0.3) is 0 Å². The molecule has 0 atom stereocenters. The van der Waals surface area contributed by atoms with Crippen LogP contribution in [-0.2, 0) is 0 Å². The molecule has 3 aromatic carbocycles. The quantitative estimate of drug-likeness (QED) is 0.120. The molecule has 174 valence electrons. The summed E-state index contributed by atoms with van der Waals surface area (Å²) in [6.07, 6.45) is 7.31. The molecule has 0 saturated carbocycles. The zero-order valence-corrected chi connectivity index (χ0v) is 19.4. The zero-order valence-electron chi connectivity index (χ0n) is 19.4. The van der Waals surface area contributed by atoms with Crippen molar-refractivity contribution in [3.63, 3.8) is 0 Å². The maximum Gasteiger partial charge on any atom is 0.343 e. The number of esters is 1. The Bertz CT molecular complexity index is 1100. The molecule has 0 radical (unpaired) electrons. The number of hydrogen-bond acceptors (Lipinski definition) is 6. The molecule has 3 aromatic rings. The van der Waals surface area contributed by atoms with Crippen molar-refractivity contribution in [1.29, 1.82) is 5.26 Å². The Morgan fingerprint density at radius 1 is 0.765 bits per heavy atom. The van der Waals surface area contributed by atoms with E-state index in [1.54, 1.807) is 72.8 Å². The molecule has 0 fully saturated rings. The smallest absolute Gasteiger partial charge is 0.343 e. The molecule has 0 unspecified atom stereocenters. The third kappa shape index (κ3) is 8.18. The molecular formula is C28H29N3O3. The largest absolute Gasteiger partial charge is 0.494 e. The minimum Gasteiger partial charge on any atom is -0.494 e. The van der Waals surface area contributed by atoms with Crippen LogP contribution in [0.15, 0.2) is 83.0 Å². The molecule has 0 aromatic heterocycles. The number of azo groups is 1. The van der Waals surface area contributed by atoms with E-state index < -0.39 is 5.97 Å². The predicted molar refractivity (Wildman–Crippen MR) is 132 cm³/mol. The summed E-state index contributed by atoms with van der Waals surface area (Å²) in [6.45, 7) is 2.90. The highest BCUT2D eigenvalue weighted by Crippen LogP contribution is 2.22. The van der Waals surface area contributed by atoms with Crippen molar-refractivity contribution < 1.29 is 14.3 Å². The minimum absolute atomic E-state index is 0.422. The van der Waals surface area contributed by atoms with Gasteiger partial charge in [-0.2, -0.15) is 15.5 Å². The first-order valence-corrected chi connectivity index (χ1v) is 11.6. The monoisotopic (exact) mass is 455 g/mol. The molecule has 6 heteroatoms. The van der Waals surface area contributed by atoms with Crippen molar-refractivity contribution >= 4 is 17.3 Å². The Labute approximate surface area is 200 Å². The third-order valence-electron chi connectivity index (χ3n) is 5.18. The molecule has 0 bridgehead atoms. The molecular weight excluding hydrogens is 426 g/mol. The van der Waals surface area contributed by atoms with Gasteiger partial charge in [-0.1, -0.05) is 39.0 Å². The summed E-state index contributed by atoms with van der Waals surface area (Å²) in [5.74, 6) is 0.738. The first-order chi connectivity index (χ1) is 16.7. The van der Waals surface area contributed by atoms with Crippen molar-refractivity contribution in [3.8, 4) is 17.6 Å². The molecule has 0 aliphatic rings. The van der Waals surface area contributed by atoms with Crippen molar-refractivity contribution in [2.45, 2.75) is 45.4 Å². The van der Waals surface area contributed by atoms with Crippen LogP contribution in [0.4, 0.5) is 11.4 Å². The predicted octanol–water partition coefficient (Wildman–Crippen LogP) is 7.93. The Morgan fingerprint density at radius 3 is 1.94 bits per heavy atom. The van der Waals surface area contributed by atoms with E-state index in [-0.39, 0.29) is 0 Å². The highest BCUT2D eigenvalue weighted by Gasteiger charge is 2.09. The summed E-state index contributed by atoms with van der Waals surface area (Å²) < 4.78 is 11.2. The summed E-state index contributed by atoms with van der Waals surface area (Å²) in [7, 11) is 0. The van der Waals surface area contributed by atoms with Crippen LogP contribution in [0.1, 0.15) is 61.4 Å². The highest BCUT2D eigenvalue weighted by molar-refractivity contribution is 5.91. The maximum atomic E-state index is 12.4. The van der Waals surface area contributed by atoms with Gasteiger partial charge in [-0.25, -0.2) is 4.79 Å². The minimum atomic E-state index is -0.436.